The van der Waals surface area contributed by atoms with Crippen molar-refractivity contribution in [2.24, 2.45) is 0 Å². The van der Waals surface area contributed by atoms with Crippen LogP contribution in [0, 0.1) is 11.3 Å². The number of piperidine rings is 1. The summed E-state index contributed by atoms with van der Waals surface area (Å²) >= 11 is 0. The number of benzene rings is 1. The van der Waals surface area contributed by atoms with Crippen LogP contribution >= 0.6 is 8.58 Å². The third kappa shape index (κ3) is 3.85. The molecule has 2 aromatic heterocycles. The number of fused-ring (bicyclic) bond motifs is 1. The molecule has 0 amide bonds. The van der Waals surface area contributed by atoms with Gasteiger partial charge in [-0.05, 0) is 32.1 Å². The molecule has 1 saturated heterocycles. The maximum Gasteiger partial charge on any atom is 0.419 e. The molecule has 0 aliphatic carbocycles. The highest BCUT2D eigenvalue weighted by molar-refractivity contribution is 7.47. The van der Waals surface area contributed by atoms with Gasteiger partial charge < -0.3 is 15.6 Å². The molecular weight excluding hydrogens is 412 g/mol. The number of hydrogen-bond acceptors (Lipinski definition) is 5. The summed E-state index contributed by atoms with van der Waals surface area (Å²) in [5, 5.41) is 17.1. The molecular formula is C20H20F3N6P. The van der Waals surface area contributed by atoms with E-state index >= 15 is 0 Å². The van der Waals surface area contributed by atoms with Crippen molar-refractivity contribution in [3.63, 3.8) is 0 Å². The summed E-state index contributed by atoms with van der Waals surface area (Å²) in [4.78, 5) is 11.3. The highest BCUT2D eigenvalue weighted by Crippen LogP contribution is 2.39. The van der Waals surface area contributed by atoms with Crippen molar-refractivity contribution in [2.75, 3.05) is 25.1 Å². The highest BCUT2D eigenvalue weighted by atomic mass is 31.1. The molecule has 1 aliphatic rings. The second-order valence-corrected chi connectivity index (χ2v) is 8.12. The first kappa shape index (κ1) is 20.6. The average Bonchev–Trinajstić information content (AvgIpc) is 3.17. The summed E-state index contributed by atoms with van der Waals surface area (Å²) in [6.07, 6.45) is -0.344. The van der Waals surface area contributed by atoms with E-state index in [-0.39, 0.29) is 17.7 Å². The molecule has 1 aliphatic heterocycles. The molecule has 1 unspecified atom stereocenters. The Bertz CT molecular complexity index is 1110. The van der Waals surface area contributed by atoms with Gasteiger partial charge in [0.2, 0.25) is 5.95 Å². The third-order valence-electron chi connectivity index (χ3n) is 5.21. The normalized spacial score (nSPS) is 17.5. The van der Waals surface area contributed by atoms with Crippen molar-refractivity contribution in [3.05, 3.63) is 35.7 Å². The van der Waals surface area contributed by atoms with Crippen LogP contribution in [0.15, 0.2) is 24.5 Å². The Morgan fingerprint density at radius 1 is 1.33 bits per heavy atom. The van der Waals surface area contributed by atoms with Crippen LogP contribution in [-0.4, -0.2) is 40.7 Å². The highest BCUT2D eigenvalue weighted by Gasteiger charge is 2.36. The van der Waals surface area contributed by atoms with E-state index < -0.39 is 11.7 Å². The first-order valence-corrected chi connectivity index (χ1v) is 11.1. The molecule has 10 heteroatoms. The van der Waals surface area contributed by atoms with Gasteiger partial charge in [0.05, 0.1) is 22.8 Å². The van der Waals surface area contributed by atoms with Crippen LogP contribution in [0.1, 0.15) is 24.0 Å². The molecule has 6 nitrogen and oxygen atoms in total. The standard InChI is InChI=1S/C20H20F3N6P/c1-30-18-11(7-24)4-5-13-14(9-26-17(13)18)16-15(20(21,22)23)10-27-19(29-16)28-12-3-2-6-25-8-12/h4-5,9-10,12,25-26,30H,2-3,6,8H2,1H3,(H,27,28,29)/t12-/m1/s1. The Hall–Kier alpha value is -2.69. The molecule has 3 N–H and O–H groups in total. The van der Waals surface area contributed by atoms with E-state index in [4.69, 9.17) is 0 Å². The fraction of sp³-hybridized carbons (Fsp3) is 0.350. The monoisotopic (exact) mass is 432 g/mol. The predicted molar refractivity (Wildman–Crippen MR) is 112 cm³/mol. The molecule has 30 heavy (non-hydrogen) atoms. The van der Waals surface area contributed by atoms with Crippen LogP contribution in [0.2, 0.25) is 0 Å². The Morgan fingerprint density at radius 3 is 2.83 bits per heavy atom. The van der Waals surface area contributed by atoms with E-state index in [0.717, 1.165) is 30.9 Å². The SMILES string of the molecule is CPc1c(C#N)ccc2c(-c3nc(N[C@@H]4CCCNC4)ncc3C(F)(F)F)c[nH]c12. The van der Waals surface area contributed by atoms with Crippen LogP contribution in [0.25, 0.3) is 22.2 Å². The molecule has 4 rings (SSSR count). The topological polar surface area (TPSA) is 89.4 Å². The lowest BCUT2D eigenvalue weighted by atomic mass is 10.0. The Morgan fingerprint density at radius 2 is 2.17 bits per heavy atom. The van der Waals surface area contributed by atoms with Crippen molar-refractivity contribution in [1.29, 1.82) is 5.26 Å². The van der Waals surface area contributed by atoms with Gasteiger partial charge in [-0.1, -0.05) is 14.6 Å². The van der Waals surface area contributed by atoms with Gasteiger partial charge in [0.1, 0.15) is 5.56 Å². The number of anilines is 1. The molecule has 3 aromatic rings. The van der Waals surface area contributed by atoms with Crippen LogP contribution < -0.4 is 15.9 Å². The molecule has 3 heterocycles. The van der Waals surface area contributed by atoms with E-state index in [2.05, 4.69) is 31.7 Å². The fourth-order valence-corrected chi connectivity index (χ4v) is 4.64. The summed E-state index contributed by atoms with van der Waals surface area (Å²) in [5.74, 6) is 0.173. The van der Waals surface area contributed by atoms with Gasteiger partial charge in [-0.25, -0.2) is 9.97 Å². The number of rotatable bonds is 4. The second kappa shape index (κ2) is 8.21. The van der Waals surface area contributed by atoms with Gasteiger partial charge in [-0.2, -0.15) is 18.4 Å². The molecule has 0 radical (unpaired) electrons. The first-order chi connectivity index (χ1) is 14.4. The van der Waals surface area contributed by atoms with Crippen LogP contribution in [0.5, 0.6) is 0 Å². The predicted octanol–water partition coefficient (Wildman–Crippen LogP) is 3.61. The zero-order valence-corrected chi connectivity index (χ0v) is 17.2. The maximum atomic E-state index is 13.7. The van der Waals surface area contributed by atoms with E-state index in [1.807, 2.05) is 6.66 Å². The number of halogens is 3. The van der Waals surface area contributed by atoms with Gasteiger partial charge in [-0.15, -0.1) is 0 Å². The number of nitrogens with zero attached hydrogens (tertiary/aromatic N) is 3. The lowest BCUT2D eigenvalue weighted by Crippen LogP contribution is -2.38. The molecule has 2 atom stereocenters. The first-order valence-electron chi connectivity index (χ1n) is 9.56. The maximum absolute atomic E-state index is 13.7. The minimum Gasteiger partial charge on any atom is -0.360 e. The number of nitrogens with one attached hydrogen (secondary N) is 3. The van der Waals surface area contributed by atoms with Gasteiger partial charge >= 0.3 is 6.18 Å². The van der Waals surface area contributed by atoms with Gasteiger partial charge in [0.15, 0.2) is 0 Å². The van der Waals surface area contributed by atoms with Crippen LogP contribution in [0.3, 0.4) is 0 Å². The summed E-state index contributed by atoms with van der Waals surface area (Å²) in [6, 6.07) is 5.53. The van der Waals surface area contributed by atoms with Crippen molar-refractivity contribution in [3.8, 4) is 17.3 Å². The molecule has 1 aromatic carbocycles. The number of H-pyrrole nitrogens is 1. The minimum atomic E-state index is -4.59. The van der Waals surface area contributed by atoms with Crippen LogP contribution in [-0.2, 0) is 6.18 Å². The number of alkyl halides is 3. The van der Waals surface area contributed by atoms with Crippen LogP contribution in [0.4, 0.5) is 19.1 Å². The Balaban J connectivity index is 1.84. The summed E-state index contributed by atoms with van der Waals surface area (Å²) < 4.78 is 41.2. The van der Waals surface area contributed by atoms with E-state index in [1.165, 1.54) is 6.20 Å². The lowest BCUT2D eigenvalue weighted by Gasteiger charge is -2.24. The molecule has 1 fully saturated rings. The van der Waals surface area contributed by atoms with Crippen molar-refractivity contribution in [1.82, 2.24) is 20.3 Å². The fourth-order valence-electron chi connectivity index (χ4n) is 3.77. The largest absolute Gasteiger partial charge is 0.419 e. The van der Waals surface area contributed by atoms with E-state index in [9.17, 15) is 18.4 Å². The van der Waals surface area contributed by atoms with E-state index in [0.29, 0.717) is 37.2 Å². The van der Waals surface area contributed by atoms with Crippen molar-refractivity contribution >= 4 is 30.7 Å². The average molecular weight is 432 g/mol. The summed E-state index contributed by atoms with van der Waals surface area (Å²) in [5.41, 5.74) is 0.462. The quantitative estimate of drug-likeness (QED) is 0.548. The van der Waals surface area contributed by atoms with Gasteiger partial charge in [0.25, 0.3) is 0 Å². The zero-order valence-electron chi connectivity index (χ0n) is 16.2. The Kier molecular flexibility index (Phi) is 5.63. The molecule has 0 saturated carbocycles. The lowest BCUT2D eigenvalue weighted by molar-refractivity contribution is -0.137. The van der Waals surface area contributed by atoms with Gasteiger partial charge in [0, 0.05) is 41.2 Å². The molecule has 156 valence electrons. The van der Waals surface area contributed by atoms with Gasteiger partial charge in [-0.3, -0.25) is 0 Å². The number of nitriles is 1. The van der Waals surface area contributed by atoms with Crippen molar-refractivity contribution in [2.45, 2.75) is 25.1 Å². The molecule has 0 bridgehead atoms. The summed E-state index contributed by atoms with van der Waals surface area (Å²) in [6.45, 7) is 3.57. The summed E-state index contributed by atoms with van der Waals surface area (Å²) in [7, 11) is 0.319. The van der Waals surface area contributed by atoms with E-state index in [1.54, 1.807) is 12.1 Å². The molecule has 0 spiro atoms. The second-order valence-electron chi connectivity index (χ2n) is 7.12. The third-order valence-corrected chi connectivity index (χ3v) is 6.23. The number of aromatic amines is 1. The minimum absolute atomic E-state index is 0.0670. The van der Waals surface area contributed by atoms with Crippen molar-refractivity contribution < 1.29 is 13.2 Å². The number of hydrogen-bond donors (Lipinski definition) is 3. The number of aromatic nitrogens is 3. The Labute approximate surface area is 173 Å². The zero-order chi connectivity index (χ0) is 21.3. The smallest absolute Gasteiger partial charge is 0.360 e.